The van der Waals surface area contributed by atoms with Gasteiger partial charge in [0, 0.05) is 32.9 Å². The van der Waals surface area contributed by atoms with Gasteiger partial charge < -0.3 is 20.1 Å². The second-order valence-electron chi connectivity index (χ2n) is 4.81. The molecular weight excluding hydrogens is 244 g/mol. The van der Waals surface area contributed by atoms with Crippen LogP contribution in [-0.2, 0) is 16.0 Å². The van der Waals surface area contributed by atoms with Crippen molar-refractivity contribution < 1.29 is 14.6 Å². The largest absolute Gasteiger partial charge is 0.387 e. The minimum absolute atomic E-state index is 0.0156. The molecule has 1 amide bonds. The molecule has 0 bridgehead atoms. The molecule has 1 aromatic carbocycles. The Kier molecular flexibility index (Phi) is 4.39. The van der Waals surface area contributed by atoms with Crippen LogP contribution in [0, 0.1) is 0 Å². The van der Waals surface area contributed by atoms with Crippen molar-refractivity contribution in [3.05, 3.63) is 29.3 Å². The summed E-state index contributed by atoms with van der Waals surface area (Å²) in [5.41, 5.74) is 3.31. The molecule has 0 saturated heterocycles. The number of carbonyl (C=O) groups is 1. The molecule has 0 fully saturated rings. The van der Waals surface area contributed by atoms with Crippen molar-refractivity contribution in [3.63, 3.8) is 0 Å². The lowest BCUT2D eigenvalue weighted by molar-refractivity contribution is -0.125. The van der Waals surface area contributed by atoms with Crippen molar-refractivity contribution in [1.82, 2.24) is 5.32 Å². The van der Waals surface area contributed by atoms with Gasteiger partial charge in [0.25, 0.3) is 0 Å². The first-order chi connectivity index (χ1) is 9.11. The van der Waals surface area contributed by atoms with Crippen LogP contribution in [0.25, 0.3) is 0 Å². The number of methoxy groups -OCH3 is 1. The summed E-state index contributed by atoms with van der Waals surface area (Å²) in [6.45, 7) is 1.23. The molecule has 0 spiro atoms. The minimum atomic E-state index is -0.683. The standard InChI is InChI=1S/C14H20N2O3/c1-16-6-5-10-7-11(3-4-12(10)16)13(17)8-15-14(18)9-19-2/h3-4,7,13,17H,5-6,8-9H2,1-2H3,(H,15,18). The Balaban J connectivity index is 1.96. The minimum Gasteiger partial charge on any atom is -0.387 e. The van der Waals surface area contributed by atoms with Crippen molar-refractivity contribution in [1.29, 1.82) is 0 Å². The van der Waals surface area contributed by atoms with Gasteiger partial charge in [-0.05, 0) is 23.6 Å². The SMILES string of the molecule is COCC(=O)NCC(O)c1ccc2c(c1)CCN2C. The Bertz CT molecular complexity index is 462. The fourth-order valence-corrected chi connectivity index (χ4v) is 2.30. The monoisotopic (exact) mass is 264 g/mol. The van der Waals surface area contributed by atoms with Gasteiger partial charge in [-0.1, -0.05) is 12.1 Å². The lowest BCUT2D eigenvalue weighted by atomic mass is 10.0. The van der Waals surface area contributed by atoms with Crippen LogP contribution >= 0.6 is 0 Å². The van der Waals surface area contributed by atoms with Crippen molar-refractivity contribution in [3.8, 4) is 0 Å². The van der Waals surface area contributed by atoms with E-state index in [4.69, 9.17) is 4.74 Å². The summed E-state index contributed by atoms with van der Waals surface area (Å²) in [5.74, 6) is -0.220. The second-order valence-corrected chi connectivity index (χ2v) is 4.81. The molecule has 104 valence electrons. The number of aliphatic hydroxyl groups is 1. The summed E-state index contributed by atoms with van der Waals surface area (Å²) in [6, 6.07) is 5.96. The van der Waals surface area contributed by atoms with E-state index in [9.17, 15) is 9.90 Å². The zero-order chi connectivity index (χ0) is 13.8. The van der Waals surface area contributed by atoms with E-state index in [1.165, 1.54) is 18.4 Å². The zero-order valence-electron chi connectivity index (χ0n) is 11.3. The fraction of sp³-hybridized carbons (Fsp3) is 0.500. The number of likely N-dealkylation sites (N-methyl/N-ethyl adjacent to an activating group) is 1. The molecule has 1 atom stereocenters. The van der Waals surface area contributed by atoms with Gasteiger partial charge in [-0.25, -0.2) is 0 Å². The van der Waals surface area contributed by atoms with E-state index >= 15 is 0 Å². The van der Waals surface area contributed by atoms with E-state index in [2.05, 4.69) is 17.3 Å². The molecule has 19 heavy (non-hydrogen) atoms. The third-order valence-electron chi connectivity index (χ3n) is 3.38. The first-order valence-electron chi connectivity index (χ1n) is 6.39. The highest BCUT2D eigenvalue weighted by Gasteiger charge is 2.18. The van der Waals surface area contributed by atoms with Gasteiger partial charge in [0.15, 0.2) is 0 Å². The topological polar surface area (TPSA) is 61.8 Å². The Morgan fingerprint density at radius 3 is 3.11 bits per heavy atom. The molecule has 1 aliphatic heterocycles. The van der Waals surface area contributed by atoms with Gasteiger partial charge >= 0.3 is 0 Å². The third-order valence-corrected chi connectivity index (χ3v) is 3.38. The number of anilines is 1. The van der Waals surface area contributed by atoms with Crippen LogP contribution in [0.2, 0.25) is 0 Å². The van der Waals surface area contributed by atoms with Crippen LogP contribution in [0.3, 0.4) is 0 Å². The lowest BCUT2D eigenvalue weighted by Gasteiger charge is -2.15. The second kappa shape index (κ2) is 6.04. The van der Waals surface area contributed by atoms with Gasteiger partial charge in [0.05, 0.1) is 6.10 Å². The number of benzene rings is 1. The van der Waals surface area contributed by atoms with E-state index in [0.29, 0.717) is 0 Å². The maximum Gasteiger partial charge on any atom is 0.246 e. The first-order valence-corrected chi connectivity index (χ1v) is 6.39. The van der Waals surface area contributed by atoms with Crippen molar-refractivity contribution in [2.45, 2.75) is 12.5 Å². The van der Waals surface area contributed by atoms with E-state index in [1.54, 1.807) is 0 Å². The molecule has 2 N–H and O–H groups in total. The number of hydrogen-bond donors (Lipinski definition) is 2. The molecule has 5 nitrogen and oxygen atoms in total. The number of fused-ring (bicyclic) bond motifs is 1. The van der Waals surface area contributed by atoms with E-state index in [0.717, 1.165) is 18.5 Å². The molecule has 5 heteroatoms. The third kappa shape index (κ3) is 3.24. The molecule has 1 heterocycles. The van der Waals surface area contributed by atoms with Gasteiger partial charge in [0.1, 0.15) is 6.61 Å². The highest BCUT2D eigenvalue weighted by Crippen LogP contribution is 2.29. The molecule has 0 radical (unpaired) electrons. The van der Waals surface area contributed by atoms with Crippen molar-refractivity contribution >= 4 is 11.6 Å². The molecule has 0 aromatic heterocycles. The summed E-state index contributed by atoms with van der Waals surface area (Å²) in [4.78, 5) is 13.5. The number of carbonyl (C=O) groups excluding carboxylic acids is 1. The summed E-state index contributed by atoms with van der Waals surface area (Å²) >= 11 is 0. The Morgan fingerprint density at radius 1 is 1.58 bits per heavy atom. The summed E-state index contributed by atoms with van der Waals surface area (Å²) in [6.07, 6.45) is 0.319. The molecule has 0 aliphatic carbocycles. The number of amides is 1. The number of aliphatic hydroxyl groups excluding tert-OH is 1. The number of ether oxygens (including phenoxy) is 1. The van der Waals surface area contributed by atoms with Crippen molar-refractivity contribution in [2.24, 2.45) is 0 Å². The van der Waals surface area contributed by atoms with E-state index in [-0.39, 0.29) is 19.1 Å². The van der Waals surface area contributed by atoms with Crippen LogP contribution < -0.4 is 10.2 Å². The average molecular weight is 264 g/mol. The number of nitrogens with zero attached hydrogens (tertiary/aromatic N) is 1. The summed E-state index contributed by atoms with van der Waals surface area (Å²) in [7, 11) is 3.53. The first kappa shape index (κ1) is 13.8. The lowest BCUT2D eigenvalue weighted by Crippen LogP contribution is -2.31. The highest BCUT2D eigenvalue weighted by atomic mass is 16.5. The normalized spacial score (nSPS) is 15.2. The summed E-state index contributed by atoms with van der Waals surface area (Å²) < 4.78 is 4.71. The zero-order valence-corrected chi connectivity index (χ0v) is 11.3. The maximum absolute atomic E-state index is 11.3. The van der Waals surface area contributed by atoms with Crippen LogP contribution in [0.1, 0.15) is 17.2 Å². The number of hydrogen-bond acceptors (Lipinski definition) is 4. The number of rotatable bonds is 5. The summed E-state index contributed by atoms with van der Waals surface area (Å²) in [5, 5.41) is 12.7. The van der Waals surface area contributed by atoms with Gasteiger partial charge in [-0.15, -0.1) is 0 Å². The van der Waals surface area contributed by atoms with Crippen LogP contribution in [-0.4, -0.2) is 44.9 Å². The van der Waals surface area contributed by atoms with Gasteiger partial charge in [-0.3, -0.25) is 4.79 Å². The molecule has 2 rings (SSSR count). The molecule has 1 aliphatic rings. The van der Waals surface area contributed by atoms with Gasteiger partial charge in [-0.2, -0.15) is 0 Å². The Morgan fingerprint density at radius 2 is 2.37 bits per heavy atom. The van der Waals surface area contributed by atoms with Crippen molar-refractivity contribution in [2.75, 3.05) is 38.8 Å². The maximum atomic E-state index is 11.3. The van der Waals surface area contributed by atoms with E-state index < -0.39 is 6.10 Å². The van der Waals surface area contributed by atoms with Crippen LogP contribution in [0.5, 0.6) is 0 Å². The predicted octanol–water partition coefficient (Wildman–Crippen LogP) is 0.475. The Hall–Kier alpha value is -1.59. The van der Waals surface area contributed by atoms with Crippen LogP contribution in [0.4, 0.5) is 5.69 Å². The molecular formula is C14H20N2O3. The number of nitrogens with one attached hydrogen (secondary N) is 1. The molecule has 1 unspecified atom stereocenters. The highest BCUT2D eigenvalue weighted by molar-refractivity contribution is 5.77. The van der Waals surface area contributed by atoms with E-state index in [1.807, 2.05) is 18.2 Å². The Labute approximate surface area is 113 Å². The fourth-order valence-electron chi connectivity index (χ4n) is 2.30. The quantitative estimate of drug-likeness (QED) is 0.812. The molecule has 1 aromatic rings. The van der Waals surface area contributed by atoms with Crippen LogP contribution in [0.15, 0.2) is 18.2 Å². The molecule has 0 saturated carbocycles. The predicted molar refractivity (Wildman–Crippen MR) is 73.3 cm³/mol. The van der Waals surface area contributed by atoms with Gasteiger partial charge in [0.2, 0.25) is 5.91 Å². The average Bonchev–Trinajstić information content (AvgIpc) is 2.77. The smallest absolute Gasteiger partial charge is 0.246 e.